The molecule has 0 fully saturated rings. The van der Waals surface area contributed by atoms with Crippen molar-refractivity contribution in [3.05, 3.63) is 47.5 Å². The Labute approximate surface area is 97.2 Å². The van der Waals surface area contributed by atoms with Gasteiger partial charge in [-0.05, 0) is 32.1 Å². The number of carbonyl (C=O) groups excluding carboxylic acids is 1. The van der Waals surface area contributed by atoms with Gasteiger partial charge in [-0.3, -0.25) is 4.79 Å². The number of ketones is 1. The molecule has 1 aromatic carbocycles. The normalized spacial score (nSPS) is 20.3. The van der Waals surface area contributed by atoms with Crippen molar-refractivity contribution in [1.29, 1.82) is 0 Å². The van der Waals surface area contributed by atoms with Crippen molar-refractivity contribution in [2.75, 3.05) is 0 Å². The van der Waals surface area contributed by atoms with Crippen LogP contribution in [0.3, 0.4) is 0 Å². The highest BCUT2D eigenvalue weighted by Crippen LogP contribution is 2.26. The lowest BCUT2D eigenvalue weighted by Gasteiger charge is -2.18. The lowest BCUT2D eigenvalue weighted by Crippen LogP contribution is -2.10. The van der Waals surface area contributed by atoms with E-state index >= 15 is 0 Å². The molecule has 1 aliphatic rings. The van der Waals surface area contributed by atoms with E-state index in [1.54, 1.807) is 0 Å². The molecule has 2 rings (SSSR count). The van der Waals surface area contributed by atoms with Gasteiger partial charge in [0.1, 0.15) is 0 Å². The van der Waals surface area contributed by atoms with E-state index in [4.69, 9.17) is 0 Å². The standard InChI is InChI=1S/C15H18O/c1-12-6-5-7-13(10-12)11-15(16)14-8-3-2-4-9-14/h2-4,8-10,13H,5-7,11H2,1H3. The van der Waals surface area contributed by atoms with E-state index < -0.39 is 0 Å². The molecule has 0 bridgehead atoms. The molecule has 0 spiro atoms. The van der Waals surface area contributed by atoms with Gasteiger partial charge in [0.2, 0.25) is 0 Å². The SMILES string of the molecule is CC1=CC(CC(=O)c2ccccc2)CCC1. The van der Waals surface area contributed by atoms with E-state index in [9.17, 15) is 4.79 Å². The number of benzene rings is 1. The van der Waals surface area contributed by atoms with Crippen molar-refractivity contribution in [3.63, 3.8) is 0 Å². The minimum atomic E-state index is 0.275. The first-order valence-corrected chi connectivity index (χ1v) is 6.01. The lowest BCUT2D eigenvalue weighted by molar-refractivity contribution is 0.0966. The molecule has 1 heteroatoms. The van der Waals surface area contributed by atoms with E-state index in [-0.39, 0.29) is 5.78 Å². The van der Waals surface area contributed by atoms with Crippen LogP contribution in [0.4, 0.5) is 0 Å². The molecular formula is C15H18O. The summed E-state index contributed by atoms with van der Waals surface area (Å²) in [5, 5.41) is 0. The summed E-state index contributed by atoms with van der Waals surface area (Å²) >= 11 is 0. The summed E-state index contributed by atoms with van der Waals surface area (Å²) in [6, 6.07) is 9.61. The second-order valence-electron chi connectivity index (χ2n) is 4.66. The average Bonchev–Trinajstić information content (AvgIpc) is 2.30. The number of carbonyl (C=O) groups is 1. The van der Waals surface area contributed by atoms with Gasteiger partial charge in [-0.15, -0.1) is 0 Å². The Morgan fingerprint density at radius 2 is 2.06 bits per heavy atom. The Hall–Kier alpha value is -1.37. The Morgan fingerprint density at radius 1 is 1.31 bits per heavy atom. The average molecular weight is 214 g/mol. The highest BCUT2D eigenvalue weighted by Gasteiger charge is 2.16. The van der Waals surface area contributed by atoms with Crippen molar-refractivity contribution in [2.24, 2.45) is 5.92 Å². The highest BCUT2D eigenvalue weighted by atomic mass is 16.1. The fraction of sp³-hybridized carbons (Fsp3) is 0.400. The number of hydrogen-bond donors (Lipinski definition) is 0. The van der Waals surface area contributed by atoms with E-state index in [0.29, 0.717) is 12.3 Å². The van der Waals surface area contributed by atoms with E-state index in [1.807, 2.05) is 30.3 Å². The predicted octanol–water partition coefficient (Wildman–Crippen LogP) is 4.01. The van der Waals surface area contributed by atoms with Crippen LogP contribution in [-0.2, 0) is 0 Å². The van der Waals surface area contributed by atoms with Crippen LogP contribution in [0.25, 0.3) is 0 Å². The quantitative estimate of drug-likeness (QED) is 0.549. The van der Waals surface area contributed by atoms with Gasteiger partial charge in [0.15, 0.2) is 5.78 Å². The molecule has 0 aliphatic heterocycles. The summed E-state index contributed by atoms with van der Waals surface area (Å²) in [4.78, 5) is 12.0. The summed E-state index contributed by atoms with van der Waals surface area (Å²) in [6.07, 6.45) is 6.55. The summed E-state index contributed by atoms with van der Waals surface area (Å²) in [6.45, 7) is 2.17. The Kier molecular flexibility index (Phi) is 3.55. The molecule has 1 atom stereocenters. The van der Waals surface area contributed by atoms with Crippen LogP contribution in [0.15, 0.2) is 42.0 Å². The molecule has 16 heavy (non-hydrogen) atoms. The van der Waals surface area contributed by atoms with Crippen LogP contribution in [0, 0.1) is 5.92 Å². The van der Waals surface area contributed by atoms with Gasteiger partial charge in [-0.1, -0.05) is 42.0 Å². The first-order chi connectivity index (χ1) is 7.75. The van der Waals surface area contributed by atoms with Crippen LogP contribution in [0.1, 0.15) is 43.0 Å². The third-order valence-electron chi connectivity index (χ3n) is 3.21. The fourth-order valence-electron chi connectivity index (χ4n) is 2.35. The first-order valence-electron chi connectivity index (χ1n) is 6.01. The Balaban J connectivity index is 2.00. The molecule has 1 unspecified atom stereocenters. The van der Waals surface area contributed by atoms with Gasteiger partial charge in [-0.2, -0.15) is 0 Å². The zero-order chi connectivity index (χ0) is 11.4. The molecule has 0 aromatic heterocycles. The van der Waals surface area contributed by atoms with Crippen molar-refractivity contribution < 1.29 is 4.79 Å². The van der Waals surface area contributed by atoms with Crippen LogP contribution in [0.5, 0.6) is 0 Å². The van der Waals surface area contributed by atoms with Gasteiger partial charge in [0.25, 0.3) is 0 Å². The van der Waals surface area contributed by atoms with Crippen LogP contribution in [0.2, 0.25) is 0 Å². The number of Topliss-reactive ketones (excluding diaryl/α,β-unsaturated/α-hetero) is 1. The molecular weight excluding hydrogens is 196 g/mol. The molecule has 0 saturated heterocycles. The smallest absolute Gasteiger partial charge is 0.163 e. The number of hydrogen-bond acceptors (Lipinski definition) is 1. The molecule has 1 nitrogen and oxygen atoms in total. The van der Waals surface area contributed by atoms with Crippen LogP contribution >= 0.6 is 0 Å². The van der Waals surface area contributed by atoms with Gasteiger partial charge in [0, 0.05) is 12.0 Å². The summed E-state index contributed by atoms with van der Waals surface area (Å²) in [5.41, 5.74) is 2.29. The minimum absolute atomic E-state index is 0.275. The third-order valence-corrected chi connectivity index (χ3v) is 3.21. The first kappa shape index (κ1) is 11.1. The summed E-state index contributed by atoms with van der Waals surface area (Å²) in [7, 11) is 0. The van der Waals surface area contributed by atoms with Crippen LogP contribution < -0.4 is 0 Å². The lowest BCUT2D eigenvalue weighted by atomic mass is 9.87. The van der Waals surface area contributed by atoms with Crippen molar-refractivity contribution in [1.82, 2.24) is 0 Å². The van der Waals surface area contributed by atoms with Gasteiger partial charge in [-0.25, -0.2) is 0 Å². The third kappa shape index (κ3) is 2.82. The maximum absolute atomic E-state index is 12.0. The molecule has 0 radical (unpaired) electrons. The fourth-order valence-corrected chi connectivity index (χ4v) is 2.35. The molecule has 84 valence electrons. The van der Waals surface area contributed by atoms with Gasteiger partial charge < -0.3 is 0 Å². The maximum atomic E-state index is 12.0. The predicted molar refractivity (Wildman–Crippen MR) is 66.5 cm³/mol. The molecule has 1 aromatic rings. The van der Waals surface area contributed by atoms with Gasteiger partial charge >= 0.3 is 0 Å². The highest BCUT2D eigenvalue weighted by molar-refractivity contribution is 5.96. The van der Waals surface area contributed by atoms with E-state index in [2.05, 4.69) is 13.0 Å². The Bertz CT molecular complexity index is 389. The maximum Gasteiger partial charge on any atom is 0.163 e. The molecule has 0 N–H and O–H groups in total. The Morgan fingerprint density at radius 3 is 2.75 bits per heavy atom. The topological polar surface area (TPSA) is 17.1 Å². The summed E-state index contributed by atoms with van der Waals surface area (Å²) in [5.74, 6) is 0.734. The van der Waals surface area contributed by atoms with E-state index in [0.717, 1.165) is 12.0 Å². The number of rotatable bonds is 3. The zero-order valence-corrected chi connectivity index (χ0v) is 9.78. The molecule has 0 heterocycles. The zero-order valence-electron chi connectivity index (χ0n) is 9.78. The van der Waals surface area contributed by atoms with Crippen LogP contribution in [-0.4, -0.2) is 5.78 Å². The molecule has 1 aliphatic carbocycles. The van der Waals surface area contributed by atoms with E-state index in [1.165, 1.54) is 18.4 Å². The summed E-state index contributed by atoms with van der Waals surface area (Å²) < 4.78 is 0. The monoisotopic (exact) mass is 214 g/mol. The second kappa shape index (κ2) is 5.11. The largest absolute Gasteiger partial charge is 0.294 e. The van der Waals surface area contributed by atoms with Crippen molar-refractivity contribution in [2.45, 2.75) is 32.6 Å². The van der Waals surface area contributed by atoms with Crippen molar-refractivity contribution in [3.8, 4) is 0 Å². The van der Waals surface area contributed by atoms with Crippen molar-refractivity contribution >= 4 is 5.78 Å². The van der Waals surface area contributed by atoms with Gasteiger partial charge in [0.05, 0.1) is 0 Å². The second-order valence-corrected chi connectivity index (χ2v) is 4.66. The number of allylic oxidation sites excluding steroid dienone is 2. The minimum Gasteiger partial charge on any atom is -0.294 e. The molecule has 0 amide bonds. The molecule has 0 saturated carbocycles.